The zero-order valence-electron chi connectivity index (χ0n) is 11.0. The van der Waals surface area contributed by atoms with Crippen LogP contribution in [0, 0.1) is 11.6 Å². The van der Waals surface area contributed by atoms with E-state index in [-0.39, 0.29) is 13.2 Å². The number of hydrogen-bond acceptors (Lipinski definition) is 4. The molecule has 1 aromatic rings. The molecule has 1 aromatic heterocycles. The number of aromatic amines is 1. The van der Waals surface area contributed by atoms with Gasteiger partial charge in [-0.05, 0) is 18.6 Å². The molecule has 1 heterocycles. The van der Waals surface area contributed by atoms with E-state index >= 15 is 0 Å². The third-order valence-corrected chi connectivity index (χ3v) is 3.83. The minimum atomic E-state index is -4.28. The molecular formula is C12H16F3NO2S2. The largest absolute Gasteiger partial charge is 0.411 e. The summed E-state index contributed by atoms with van der Waals surface area (Å²) in [6.07, 6.45) is -2.50. The van der Waals surface area contributed by atoms with E-state index in [2.05, 4.69) is 9.72 Å². The van der Waals surface area contributed by atoms with Crippen molar-refractivity contribution >= 4 is 24.0 Å². The van der Waals surface area contributed by atoms with Crippen molar-refractivity contribution in [3.8, 4) is 0 Å². The van der Waals surface area contributed by atoms with Gasteiger partial charge in [-0.2, -0.15) is 13.2 Å². The van der Waals surface area contributed by atoms with Crippen LogP contribution in [0.5, 0.6) is 0 Å². The lowest BCUT2D eigenvalue weighted by atomic mass is 10.3. The van der Waals surface area contributed by atoms with Crippen molar-refractivity contribution < 1.29 is 22.6 Å². The summed E-state index contributed by atoms with van der Waals surface area (Å²) in [5.41, 5.74) is 1.01. The van der Waals surface area contributed by atoms with E-state index in [1.807, 2.05) is 13.0 Å². The van der Waals surface area contributed by atoms with Gasteiger partial charge < -0.3 is 14.5 Å². The number of ether oxygens (including phenoxy) is 2. The maximum Gasteiger partial charge on any atom is 0.411 e. The molecule has 1 N–H and O–H groups in total. The number of rotatable bonds is 8. The van der Waals surface area contributed by atoms with Crippen LogP contribution in [0.15, 0.2) is 17.2 Å². The first-order valence-corrected chi connectivity index (χ1v) is 7.33. The Bertz CT molecular complexity index is 463. The average molecular weight is 327 g/mol. The Morgan fingerprint density at radius 2 is 1.95 bits per heavy atom. The third kappa shape index (κ3) is 7.28. The highest BCUT2D eigenvalue weighted by molar-refractivity contribution is 7.99. The first-order chi connectivity index (χ1) is 9.40. The van der Waals surface area contributed by atoms with E-state index in [0.717, 1.165) is 10.5 Å². The molecule has 114 valence electrons. The number of hydrogen-bond donors (Lipinski definition) is 1. The Hall–Kier alpha value is -0.570. The number of thioether (sulfide) groups is 1. The fourth-order valence-electron chi connectivity index (χ4n) is 1.31. The Morgan fingerprint density at radius 3 is 2.65 bits per heavy atom. The SMILES string of the molecule is Cc1c(SCCOCCOCC(F)(F)F)cc[nH]c1=S. The summed E-state index contributed by atoms with van der Waals surface area (Å²) in [7, 11) is 0. The third-order valence-electron chi connectivity index (χ3n) is 2.28. The minimum absolute atomic E-state index is 0.0557. The summed E-state index contributed by atoms with van der Waals surface area (Å²) in [4.78, 5) is 4.01. The van der Waals surface area contributed by atoms with Crippen LogP contribution in [-0.2, 0) is 9.47 Å². The number of pyridine rings is 1. The lowest BCUT2D eigenvalue weighted by Crippen LogP contribution is -2.19. The molecule has 0 radical (unpaired) electrons. The molecule has 20 heavy (non-hydrogen) atoms. The Balaban J connectivity index is 2.08. The molecule has 0 saturated heterocycles. The molecule has 0 amide bonds. The zero-order chi connectivity index (χ0) is 15.0. The molecule has 0 aliphatic heterocycles. The molecule has 8 heteroatoms. The fourth-order valence-corrected chi connectivity index (χ4v) is 2.46. The number of aromatic nitrogens is 1. The summed E-state index contributed by atoms with van der Waals surface area (Å²) in [6.45, 7) is 1.26. The Labute approximate surface area is 124 Å². The van der Waals surface area contributed by atoms with Gasteiger partial charge in [-0.25, -0.2) is 0 Å². The van der Waals surface area contributed by atoms with Gasteiger partial charge in [-0.3, -0.25) is 0 Å². The van der Waals surface area contributed by atoms with Gasteiger partial charge in [0.1, 0.15) is 11.2 Å². The maximum absolute atomic E-state index is 11.8. The molecule has 0 aliphatic rings. The van der Waals surface area contributed by atoms with E-state index < -0.39 is 12.8 Å². The van der Waals surface area contributed by atoms with Crippen LogP contribution in [0.25, 0.3) is 0 Å². The highest BCUT2D eigenvalue weighted by Gasteiger charge is 2.27. The second-order valence-electron chi connectivity index (χ2n) is 3.92. The second-order valence-corrected chi connectivity index (χ2v) is 5.47. The van der Waals surface area contributed by atoms with E-state index in [9.17, 15) is 13.2 Å². The van der Waals surface area contributed by atoms with Crippen LogP contribution in [0.4, 0.5) is 13.2 Å². The summed E-state index contributed by atoms with van der Waals surface area (Å²) in [5.74, 6) is 0.707. The molecular weight excluding hydrogens is 311 g/mol. The second kappa shape index (κ2) is 8.66. The Kier molecular flexibility index (Phi) is 7.57. The van der Waals surface area contributed by atoms with Crippen molar-refractivity contribution in [2.45, 2.75) is 18.0 Å². The highest BCUT2D eigenvalue weighted by Crippen LogP contribution is 2.21. The quantitative estimate of drug-likeness (QED) is 0.448. The van der Waals surface area contributed by atoms with E-state index in [1.54, 1.807) is 18.0 Å². The smallest absolute Gasteiger partial charge is 0.378 e. The summed E-state index contributed by atoms with van der Waals surface area (Å²) < 4.78 is 45.6. The normalized spacial score (nSPS) is 11.8. The molecule has 0 fully saturated rings. The monoisotopic (exact) mass is 327 g/mol. The number of halogens is 3. The number of H-pyrrole nitrogens is 1. The molecule has 0 bridgehead atoms. The zero-order valence-corrected chi connectivity index (χ0v) is 12.6. The van der Waals surface area contributed by atoms with Crippen LogP contribution < -0.4 is 0 Å². The average Bonchev–Trinajstić information content (AvgIpc) is 2.36. The van der Waals surface area contributed by atoms with Gasteiger partial charge >= 0.3 is 6.18 Å². The molecule has 0 spiro atoms. The molecule has 1 rings (SSSR count). The molecule has 0 aromatic carbocycles. The van der Waals surface area contributed by atoms with Crippen molar-refractivity contribution in [2.24, 2.45) is 0 Å². The standard InChI is InChI=1S/C12H16F3NO2S2/c1-9-10(2-3-16-11(9)19)20-7-6-17-4-5-18-8-12(13,14)15/h2-3H,4-8H2,1H3,(H,16,19). The topological polar surface area (TPSA) is 34.2 Å². The van der Waals surface area contributed by atoms with Crippen LogP contribution in [-0.4, -0.2) is 43.3 Å². The van der Waals surface area contributed by atoms with Crippen LogP contribution in [0.1, 0.15) is 5.56 Å². The van der Waals surface area contributed by atoms with Crippen LogP contribution >= 0.6 is 24.0 Å². The molecule has 0 saturated carbocycles. The maximum atomic E-state index is 11.8. The van der Waals surface area contributed by atoms with Gasteiger partial charge in [0.15, 0.2) is 0 Å². The summed E-state index contributed by atoms with van der Waals surface area (Å²) in [6, 6.07) is 1.93. The van der Waals surface area contributed by atoms with Gasteiger partial charge in [0.05, 0.1) is 19.8 Å². The first kappa shape index (κ1) is 17.5. The lowest BCUT2D eigenvalue weighted by Gasteiger charge is -2.08. The van der Waals surface area contributed by atoms with Crippen molar-refractivity contribution in [3.05, 3.63) is 22.5 Å². The summed E-state index contributed by atoms with van der Waals surface area (Å²) >= 11 is 6.71. The van der Waals surface area contributed by atoms with Gasteiger partial charge in [0.25, 0.3) is 0 Å². The van der Waals surface area contributed by atoms with E-state index in [4.69, 9.17) is 17.0 Å². The molecule has 0 atom stereocenters. The first-order valence-electron chi connectivity index (χ1n) is 5.93. The lowest BCUT2D eigenvalue weighted by molar-refractivity contribution is -0.176. The summed E-state index contributed by atoms with van der Waals surface area (Å²) in [5, 5.41) is 0. The predicted molar refractivity (Wildman–Crippen MR) is 74.8 cm³/mol. The highest BCUT2D eigenvalue weighted by atomic mass is 32.2. The van der Waals surface area contributed by atoms with Crippen LogP contribution in [0.2, 0.25) is 0 Å². The molecule has 0 aliphatic carbocycles. The van der Waals surface area contributed by atoms with E-state index in [0.29, 0.717) is 17.0 Å². The van der Waals surface area contributed by atoms with Crippen molar-refractivity contribution in [2.75, 3.05) is 32.2 Å². The fraction of sp³-hybridized carbons (Fsp3) is 0.583. The van der Waals surface area contributed by atoms with Crippen LogP contribution in [0.3, 0.4) is 0 Å². The number of nitrogens with one attached hydrogen (secondary N) is 1. The predicted octanol–water partition coefficient (Wildman–Crippen LogP) is 3.74. The van der Waals surface area contributed by atoms with Gasteiger partial charge in [0, 0.05) is 16.8 Å². The van der Waals surface area contributed by atoms with Crippen molar-refractivity contribution in [1.82, 2.24) is 4.98 Å². The van der Waals surface area contributed by atoms with Crippen molar-refractivity contribution in [1.29, 1.82) is 0 Å². The Morgan fingerprint density at radius 1 is 1.25 bits per heavy atom. The number of alkyl halides is 3. The molecule has 0 unspecified atom stereocenters. The van der Waals surface area contributed by atoms with E-state index in [1.165, 1.54) is 0 Å². The molecule has 3 nitrogen and oxygen atoms in total. The van der Waals surface area contributed by atoms with Gasteiger partial charge in [-0.1, -0.05) is 12.2 Å². The van der Waals surface area contributed by atoms with Crippen molar-refractivity contribution in [3.63, 3.8) is 0 Å². The van der Waals surface area contributed by atoms with Gasteiger partial charge in [-0.15, -0.1) is 11.8 Å². The minimum Gasteiger partial charge on any atom is -0.378 e. The van der Waals surface area contributed by atoms with Gasteiger partial charge in [0.2, 0.25) is 0 Å².